The van der Waals surface area contributed by atoms with E-state index in [0.29, 0.717) is 0 Å². The van der Waals surface area contributed by atoms with Crippen molar-refractivity contribution >= 4 is 11.9 Å². The van der Waals surface area contributed by atoms with E-state index in [-0.39, 0.29) is 36.5 Å². The van der Waals surface area contributed by atoms with Crippen LogP contribution in [0, 0.1) is 0 Å². The summed E-state index contributed by atoms with van der Waals surface area (Å²) in [5.74, 6) is -0.0855. The number of carbonyl (C=O) groups is 2. The van der Waals surface area contributed by atoms with E-state index in [1.165, 1.54) is 23.8 Å². The van der Waals surface area contributed by atoms with Crippen LogP contribution in [0.5, 0.6) is 0 Å². The van der Waals surface area contributed by atoms with E-state index in [1.807, 2.05) is 18.2 Å². The van der Waals surface area contributed by atoms with Gasteiger partial charge in [0.2, 0.25) is 0 Å². The van der Waals surface area contributed by atoms with Gasteiger partial charge >= 0.3 is 5.97 Å². The van der Waals surface area contributed by atoms with Crippen molar-refractivity contribution in [2.45, 2.75) is 83.5 Å². The lowest BCUT2D eigenvalue weighted by molar-refractivity contribution is -0.141. The molecule has 2 aromatic rings. The predicted molar refractivity (Wildman–Crippen MR) is 139 cm³/mol. The Labute approximate surface area is 209 Å². The quantitative estimate of drug-likeness (QED) is 0.462. The number of rotatable bonds is 10. The van der Waals surface area contributed by atoms with Gasteiger partial charge in [-0.2, -0.15) is 0 Å². The van der Waals surface area contributed by atoms with Gasteiger partial charge in [0.15, 0.2) is 0 Å². The second-order valence-electron chi connectivity index (χ2n) is 9.75. The fraction of sp³-hybridized carbons (Fsp3) is 0.467. The molecule has 1 N–H and O–H groups in total. The average Bonchev–Trinajstić information content (AvgIpc) is 3.18. The Kier molecular flexibility index (Phi) is 8.40. The van der Waals surface area contributed by atoms with E-state index in [1.54, 1.807) is 0 Å². The first kappa shape index (κ1) is 25.2. The Morgan fingerprint density at radius 1 is 1.09 bits per heavy atom. The zero-order valence-electron chi connectivity index (χ0n) is 21.3. The summed E-state index contributed by atoms with van der Waals surface area (Å²) in [5, 5.41) is 3.78. The molecule has 5 nitrogen and oxygen atoms in total. The Bertz CT molecular complexity index is 1060. The van der Waals surface area contributed by atoms with Gasteiger partial charge in [-0.1, -0.05) is 61.5 Å². The standard InChI is InChI=1S/C30H38N2O3/c1-4-23-14-8-9-15-24(23)27(20-28(33)35-3)31-29-25-16-10-11-17-26(25)30(34)32(29)21(2)18-19-22-12-6-5-7-13-22/h5-9,12-15,21,27,29,31H,4,10-11,16-20H2,1-3H3/t21-,27-,29+/m0/s1. The van der Waals surface area contributed by atoms with Crippen molar-refractivity contribution in [1.29, 1.82) is 0 Å². The zero-order valence-corrected chi connectivity index (χ0v) is 21.3. The van der Waals surface area contributed by atoms with Gasteiger partial charge in [0.05, 0.1) is 13.5 Å². The lowest BCUT2D eigenvalue weighted by Crippen LogP contribution is -2.51. The summed E-state index contributed by atoms with van der Waals surface area (Å²) in [6.07, 6.45) is 6.68. The zero-order chi connectivity index (χ0) is 24.8. The number of aryl methyl sites for hydroxylation is 2. The molecule has 1 aliphatic heterocycles. The summed E-state index contributed by atoms with van der Waals surface area (Å²) in [6.45, 7) is 4.29. The summed E-state index contributed by atoms with van der Waals surface area (Å²) >= 11 is 0. The molecule has 0 fully saturated rings. The van der Waals surface area contributed by atoms with Crippen LogP contribution in [-0.2, 0) is 27.2 Å². The first-order chi connectivity index (χ1) is 17.0. The maximum absolute atomic E-state index is 13.7. The summed E-state index contributed by atoms with van der Waals surface area (Å²) in [5.41, 5.74) is 5.81. The molecule has 0 radical (unpaired) electrons. The molecule has 186 valence electrons. The average molecular weight is 475 g/mol. The molecule has 1 amide bonds. The highest BCUT2D eigenvalue weighted by atomic mass is 16.5. The fourth-order valence-electron chi connectivity index (χ4n) is 5.61. The van der Waals surface area contributed by atoms with Crippen molar-refractivity contribution in [2.24, 2.45) is 0 Å². The highest BCUT2D eigenvalue weighted by molar-refractivity contribution is 5.98. The Hall–Kier alpha value is -2.92. The molecule has 0 saturated heterocycles. The molecule has 2 aliphatic rings. The SMILES string of the molecule is CCc1ccccc1[C@H](CC(=O)OC)N[C@H]1C2=C(CCCC2)C(=O)N1[C@@H](C)CCc1ccccc1. The van der Waals surface area contributed by atoms with E-state index in [2.05, 4.69) is 60.5 Å². The number of methoxy groups -OCH3 is 1. The fourth-order valence-corrected chi connectivity index (χ4v) is 5.61. The van der Waals surface area contributed by atoms with Gasteiger partial charge in [0.25, 0.3) is 5.91 Å². The van der Waals surface area contributed by atoms with E-state index in [9.17, 15) is 9.59 Å². The molecule has 0 spiro atoms. The third kappa shape index (κ3) is 5.67. The van der Waals surface area contributed by atoms with Crippen LogP contribution in [0.15, 0.2) is 65.7 Å². The van der Waals surface area contributed by atoms with Crippen LogP contribution in [0.25, 0.3) is 0 Å². The minimum absolute atomic E-state index is 0.0750. The largest absolute Gasteiger partial charge is 0.469 e. The topological polar surface area (TPSA) is 58.6 Å². The summed E-state index contributed by atoms with van der Waals surface area (Å²) in [4.78, 5) is 28.1. The monoisotopic (exact) mass is 474 g/mol. The van der Waals surface area contributed by atoms with Crippen molar-refractivity contribution in [3.05, 3.63) is 82.4 Å². The minimum atomic E-state index is -0.251. The number of carbonyl (C=O) groups excluding carboxylic acids is 2. The Morgan fingerprint density at radius 3 is 2.54 bits per heavy atom. The number of benzene rings is 2. The van der Waals surface area contributed by atoms with Crippen LogP contribution in [0.1, 0.15) is 75.1 Å². The number of esters is 1. The van der Waals surface area contributed by atoms with Crippen molar-refractivity contribution in [1.82, 2.24) is 10.2 Å². The Morgan fingerprint density at radius 2 is 1.80 bits per heavy atom. The molecule has 1 aliphatic carbocycles. The van der Waals surface area contributed by atoms with Gasteiger partial charge in [-0.15, -0.1) is 0 Å². The molecule has 0 saturated carbocycles. The van der Waals surface area contributed by atoms with Crippen LogP contribution in [0.4, 0.5) is 0 Å². The van der Waals surface area contributed by atoms with Crippen LogP contribution in [0.3, 0.4) is 0 Å². The van der Waals surface area contributed by atoms with Crippen LogP contribution >= 0.6 is 0 Å². The van der Waals surface area contributed by atoms with Crippen molar-refractivity contribution in [2.75, 3.05) is 7.11 Å². The molecule has 4 rings (SSSR count). The smallest absolute Gasteiger partial charge is 0.307 e. The van der Waals surface area contributed by atoms with Crippen molar-refractivity contribution in [3.8, 4) is 0 Å². The second-order valence-corrected chi connectivity index (χ2v) is 9.75. The normalized spacial score (nSPS) is 19.5. The van der Waals surface area contributed by atoms with Gasteiger partial charge in [-0.3, -0.25) is 14.9 Å². The number of amides is 1. The number of nitrogens with one attached hydrogen (secondary N) is 1. The molecular formula is C30H38N2O3. The van der Waals surface area contributed by atoms with Crippen molar-refractivity contribution < 1.29 is 14.3 Å². The van der Waals surface area contributed by atoms with E-state index in [0.717, 1.165) is 56.1 Å². The number of nitrogens with zero attached hydrogens (tertiary/aromatic N) is 1. The number of hydrogen-bond donors (Lipinski definition) is 1. The molecular weight excluding hydrogens is 436 g/mol. The van der Waals surface area contributed by atoms with E-state index < -0.39 is 0 Å². The minimum Gasteiger partial charge on any atom is -0.469 e. The summed E-state index contributed by atoms with van der Waals surface area (Å²) in [7, 11) is 1.43. The molecule has 0 unspecified atom stereocenters. The first-order valence-electron chi connectivity index (χ1n) is 13.0. The summed E-state index contributed by atoms with van der Waals surface area (Å²) < 4.78 is 5.06. The van der Waals surface area contributed by atoms with Gasteiger partial charge in [-0.25, -0.2) is 0 Å². The highest BCUT2D eigenvalue weighted by Gasteiger charge is 2.42. The maximum atomic E-state index is 13.7. The third-order valence-corrected chi connectivity index (χ3v) is 7.55. The highest BCUT2D eigenvalue weighted by Crippen LogP contribution is 2.38. The van der Waals surface area contributed by atoms with Crippen LogP contribution in [-0.4, -0.2) is 36.1 Å². The third-order valence-electron chi connectivity index (χ3n) is 7.55. The molecule has 0 aromatic heterocycles. The molecule has 0 bridgehead atoms. The molecule has 5 heteroatoms. The van der Waals surface area contributed by atoms with Gasteiger partial charge < -0.3 is 9.64 Å². The van der Waals surface area contributed by atoms with E-state index in [4.69, 9.17) is 4.74 Å². The molecule has 1 heterocycles. The lowest BCUT2D eigenvalue weighted by atomic mass is 9.91. The Balaban J connectivity index is 1.63. The molecule has 3 atom stereocenters. The van der Waals surface area contributed by atoms with Crippen LogP contribution in [0.2, 0.25) is 0 Å². The predicted octanol–water partition coefficient (Wildman–Crippen LogP) is 5.50. The lowest BCUT2D eigenvalue weighted by Gasteiger charge is -2.36. The van der Waals surface area contributed by atoms with Crippen molar-refractivity contribution in [3.63, 3.8) is 0 Å². The second kappa shape index (κ2) is 11.7. The molecule has 2 aromatic carbocycles. The maximum Gasteiger partial charge on any atom is 0.307 e. The van der Waals surface area contributed by atoms with Gasteiger partial charge in [0.1, 0.15) is 6.17 Å². The number of hydrogen-bond acceptors (Lipinski definition) is 4. The summed E-state index contributed by atoms with van der Waals surface area (Å²) in [6, 6.07) is 18.6. The molecule has 35 heavy (non-hydrogen) atoms. The van der Waals surface area contributed by atoms with Gasteiger partial charge in [-0.05, 0) is 74.1 Å². The first-order valence-corrected chi connectivity index (χ1v) is 13.0. The number of ether oxygens (including phenoxy) is 1. The van der Waals surface area contributed by atoms with Gasteiger partial charge in [0, 0.05) is 17.7 Å². The van der Waals surface area contributed by atoms with E-state index >= 15 is 0 Å². The van der Waals surface area contributed by atoms with Crippen LogP contribution < -0.4 is 5.32 Å².